The molecule has 0 radical (unpaired) electrons. The molecule has 7 aromatic carbocycles. The summed E-state index contributed by atoms with van der Waals surface area (Å²) in [4.78, 5) is 68.5. The SMILES string of the molecule is C=C(C)C(=O)Oc1ccc(-c2ccc(OC(=O)C(=C)C)cc2)cc1.C=C(C)C(=O)Oc1ccc2c(ccc3cc(OC(=O)C(=C)C)ccc32)c1.C=CC(=O)Oc1ccc(-c2ccc(OC(=O)C=C)cc2)cc1. The lowest BCUT2D eigenvalue weighted by molar-refractivity contribution is -0.130. The molecule has 0 fully saturated rings. The third kappa shape index (κ3) is 15.4. The predicted octanol–water partition coefficient (Wildman–Crippen LogP) is 12.8. The van der Waals surface area contributed by atoms with E-state index in [2.05, 4.69) is 39.5 Å². The molecule has 0 aliphatic carbocycles. The number of hydrogen-bond acceptors (Lipinski definition) is 12. The lowest BCUT2D eigenvalue weighted by Crippen LogP contribution is -2.08. The number of carbonyl (C=O) groups excluding carboxylic acids is 6. The smallest absolute Gasteiger partial charge is 0.338 e. The monoisotopic (exact) mass is 962 g/mol. The molecule has 0 aliphatic heterocycles. The van der Waals surface area contributed by atoms with Gasteiger partial charge in [0.2, 0.25) is 0 Å². The molecule has 0 spiro atoms. The Morgan fingerprint density at radius 2 is 0.542 bits per heavy atom. The van der Waals surface area contributed by atoms with Crippen LogP contribution in [0.25, 0.3) is 43.8 Å². The minimum Gasteiger partial charge on any atom is -0.423 e. The van der Waals surface area contributed by atoms with E-state index < -0.39 is 35.8 Å². The molecule has 12 heteroatoms. The van der Waals surface area contributed by atoms with Crippen molar-refractivity contribution in [2.75, 3.05) is 0 Å². The number of esters is 6. The highest BCUT2D eigenvalue weighted by molar-refractivity contribution is 6.08. The van der Waals surface area contributed by atoms with Crippen molar-refractivity contribution in [3.05, 3.63) is 220 Å². The maximum Gasteiger partial charge on any atom is 0.338 e. The Kier molecular flexibility index (Phi) is 18.6. The van der Waals surface area contributed by atoms with Gasteiger partial charge in [0.05, 0.1) is 0 Å². The van der Waals surface area contributed by atoms with Crippen LogP contribution in [0.3, 0.4) is 0 Å². The van der Waals surface area contributed by atoms with Crippen molar-refractivity contribution in [1.29, 1.82) is 0 Å². The van der Waals surface area contributed by atoms with E-state index in [4.69, 9.17) is 28.4 Å². The zero-order valence-corrected chi connectivity index (χ0v) is 40.2. The molecule has 12 nitrogen and oxygen atoms in total. The number of hydrogen-bond donors (Lipinski definition) is 0. The van der Waals surface area contributed by atoms with Crippen LogP contribution in [0.15, 0.2) is 220 Å². The van der Waals surface area contributed by atoms with E-state index >= 15 is 0 Å². The first-order valence-electron chi connectivity index (χ1n) is 21.9. The van der Waals surface area contributed by atoms with E-state index in [1.807, 2.05) is 84.9 Å². The van der Waals surface area contributed by atoms with Gasteiger partial charge in [0.25, 0.3) is 0 Å². The third-order valence-electron chi connectivity index (χ3n) is 9.87. The van der Waals surface area contributed by atoms with Crippen LogP contribution in [0.4, 0.5) is 0 Å². The number of carbonyl (C=O) groups is 6. The van der Waals surface area contributed by atoms with Crippen LogP contribution in [0.5, 0.6) is 34.5 Å². The molecule has 7 aromatic rings. The summed E-state index contributed by atoms with van der Waals surface area (Å²) in [6.45, 7) is 27.3. The van der Waals surface area contributed by atoms with Gasteiger partial charge in [-0.1, -0.05) is 112 Å². The highest BCUT2D eigenvalue weighted by Gasteiger charge is 2.12. The second-order valence-electron chi connectivity index (χ2n) is 15.9. The molecule has 0 saturated carbocycles. The van der Waals surface area contributed by atoms with Gasteiger partial charge in [-0.2, -0.15) is 0 Å². The van der Waals surface area contributed by atoms with Crippen LogP contribution >= 0.6 is 0 Å². The largest absolute Gasteiger partial charge is 0.423 e. The standard InChI is InChI=1S/C22H18O4.C20H18O4.C18H14O4/c1-13(2)21(23)25-17-7-9-19-15(11-17)5-6-16-12-18(8-10-20(16)19)26-22(24)14(3)4;1-13(2)19(21)23-17-9-5-15(6-10-17)16-7-11-18(12-8-16)24-20(22)14(3)4;1-3-17(19)21-15-9-5-13(6-10-15)14-7-11-16(12-8-14)22-18(20)4-2/h5-12H,1,3H2,2,4H3;5-12H,1,3H2,2,4H3;3-12H,1-2H2. The van der Waals surface area contributed by atoms with Crippen molar-refractivity contribution in [3.8, 4) is 56.8 Å². The number of benzene rings is 7. The average molecular weight is 963 g/mol. The van der Waals surface area contributed by atoms with Gasteiger partial charge in [-0.15, -0.1) is 0 Å². The normalized spacial score (nSPS) is 10.1. The molecule has 0 aromatic heterocycles. The van der Waals surface area contributed by atoms with Crippen LogP contribution in [0.1, 0.15) is 27.7 Å². The highest BCUT2D eigenvalue weighted by Crippen LogP contribution is 2.32. The predicted molar refractivity (Wildman–Crippen MR) is 279 cm³/mol. The summed E-state index contributed by atoms with van der Waals surface area (Å²) in [6, 6.07) is 43.1. The molecule has 72 heavy (non-hydrogen) atoms. The van der Waals surface area contributed by atoms with Gasteiger partial charge in [-0.25, -0.2) is 28.8 Å². The molecule has 0 heterocycles. The van der Waals surface area contributed by atoms with Crippen molar-refractivity contribution in [2.45, 2.75) is 27.7 Å². The van der Waals surface area contributed by atoms with Gasteiger partial charge in [-0.05, 0) is 144 Å². The molecular formula is C60H50O12. The first kappa shape index (κ1) is 53.3. The summed E-state index contributed by atoms with van der Waals surface area (Å²) in [5, 5.41) is 3.90. The lowest BCUT2D eigenvalue weighted by atomic mass is 10.0. The molecule has 0 aliphatic rings. The maximum atomic E-state index is 11.7. The number of ether oxygens (including phenoxy) is 6. The summed E-state index contributed by atoms with van der Waals surface area (Å²) >= 11 is 0. The van der Waals surface area contributed by atoms with Gasteiger partial charge in [0, 0.05) is 34.4 Å². The fourth-order valence-electron chi connectivity index (χ4n) is 6.11. The Morgan fingerprint density at radius 3 is 0.778 bits per heavy atom. The lowest BCUT2D eigenvalue weighted by Gasteiger charge is -2.09. The highest BCUT2D eigenvalue weighted by atomic mass is 16.6. The van der Waals surface area contributed by atoms with Gasteiger partial charge in [0.15, 0.2) is 0 Å². The third-order valence-corrected chi connectivity index (χ3v) is 9.87. The van der Waals surface area contributed by atoms with Gasteiger partial charge >= 0.3 is 35.8 Å². The molecule has 0 saturated heterocycles. The Labute approximate surface area is 417 Å². The second-order valence-corrected chi connectivity index (χ2v) is 15.9. The summed E-state index contributed by atoms with van der Waals surface area (Å²) in [5.41, 5.74) is 5.17. The van der Waals surface area contributed by atoms with E-state index in [0.29, 0.717) is 56.8 Å². The molecular weight excluding hydrogens is 913 g/mol. The van der Waals surface area contributed by atoms with Crippen molar-refractivity contribution in [2.24, 2.45) is 0 Å². The number of fused-ring (bicyclic) bond motifs is 3. The maximum absolute atomic E-state index is 11.7. The zero-order chi connectivity index (χ0) is 52.5. The molecule has 0 atom stereocenters. The number of rotatable bonds is 14. The minimum absolute atomic E-state index is 0.346. The van der Waals surface area contributed by atoms with E-state index in [9.17, 15) is 28.8 Å². The molecule has 362 valence electrons. The Balaban J connectivity index is 0.000000201. The van der Waals surface area contributed by atoms with Crippen molar-refractivity contribution in [3.63, 3.8) is 0 Å². The second kappa shape index (κ2) is 25.1. The van der Waals surface area contributed by atoms with Gasteiger partial charge < -0.3 is 28.4 Å². The van der Waals surface area contributed by atoms with Gasteiger partial charge in [0.1, 0.15) is 34.5 Å². The van der Waals surface area contributed by atoms with E-state index in [0.717, 1.165) is 56.0 Å². The van der Waals surface area contributed by atoms with Gasteiger partial charge in [-0.3, -0.25) is 0 Å². The average Bonchev–Trinajstić information content (AvgIpc) is 3.37. The summed E-state index contributed by atoms with van der Waals surface area (Å²) in [5.74, 6) is -0.0510. The quantitative estimate of drug-likeness (QED) is 0.0440. The topological polar surface area (TPSA) is 158 Å². The van der Waals surface area contributed by atoms with Crippen LogP contribution in [0, 0.1) is 0 Å². The fraction of sp³-hybridized carbons (Fsp3) is 0.0667. The minimum atomic E-state index is -0.499. The molecule has 0 bridgehead atoms. The van der Waals surface area contributed by atoms with E-state index in [1.165, 1.54) is 0 Å². The van der Waals surface area contributed by atoms with E-state index in [1.54, 1.807) is 88.4 Å². The Bertz CT molecular complexity index is 3030. The van der Waals surface area contributed by atoms with Crippen molar-refractivity contribution in [1.82, 2.24) is 0 Å². The molecule has 0 N–H and O–H groups in total. The van der Waals surface area contributed by atoms with E-state index in [-0.39, 0.29) is 0 Å². The summed E-state index contributed by atoms with van der Waals surface area (Å²) in [7, 11) is 0. The van der Waals surface area contributed by atoms with Crippen LogP contribution in [0.2, 0.25) is 0 Å². The van der Waals surface area contributed by atoms with Crippen molar-refractivity contribution < 1.29 is 57.2 Å². The molecule has 7 rings (SSSR count). The Hall–Kier alpha value is -9.68. The Morgan fingerprint density at radius 1 is 0.319 bits per heavy atom. The van der Waals surface area contributed by atoms with Crippen LogP contribution in [-0.2, 0) is 28.8 Å². The van der Waals surface area contributed by atoms with Crippen LogP contribution in [-0.4, -0.2) is 35.8 Å². The summed E-state index contributed by atoms with van der Waals surface area (Å²) in [6.07, 6.45) is 2.22. The summed E-state index contributed by atoms with van der Waals surface area (Å²) < 4.78 is 30.9. The van der Waals surface area contributed by atoms with Crippen LogP contribution < -0.4 is 28.4 Å². The fourth-order valence-corrected chi connectivity index (χ4v) is 6.11. The first-order valence-corrected chi connectivity index (χ1v) is 21.9. The zero-order valence-electron chi connectivity index (χ0n) is 40.2. The molecule has 0 unspecified atom stereocenters. The van der Waals surface area contributed by atoms with Crippen molar-refractivity contribution >= 4 is 57.4 Å². The first-order chi connectivity index (χ1) is 34.3. The molecule has 0 amide bonds.